The Kier molecular flexibility index (Phi) is 14.6. The van der Waals surface area contributed by atoms with Gasteiger partial charge in [0.25, 0.3) is 0 Å². The van der Waals surface area contributed by atoms with Gasteiger partial charge in [-0.25, -0.2) is 0 Å². The summed E-state index contributed by atoms with van der Waals surface area (Å²) in [6, 6.07) is 0. The zero-order valence-electron chi connectivity index (χ0n) is 13.6. The summed E-state index contributed by atoms with van der Waals surface area (Å²) >= 11 is 0. The number of ether oxygens (including phenoxy) is 1. The van der Waals surface area contributed by atoms with Gasteiger partial charge < -0.3 is 9.84 Å². The molecular formula is C17H32O4. The second-order valence-electron chi connectivity index (χ2n) is 5.65. The van der Waals surface area contributed by atoms with Crippen LogP contribution in [0.2, 0.25) is 0 Å². The molecule has 1 N–H and O–H groups in total. The van der Waals surface area contributed by atoms with Crippen molar-refractivity contribution in [3.8, 4) is 0 Å². The van der Waals surface area contributed by atoms with Crippen molar-refractivity contribution >= 4 is 11.9 Å². The van der Waals surface area contributed by atoms with Crippen LogP contribution in [-0.4, -0.2) is 23.7 Å². The fraction of sp³-hybridized carbons (Fsp3) is 0.882. The summed E-state index contributed by atoms with van der Waals surface area (Å²) in [4.78, 5) is 21.8. The molecule has 0 rings (SSSR count). The summed E-state index contributed by atoms with van der Waals surface area (Å²) in [5.74, 6) is -0.817. The van der Waals surface area contributed by atoms with Crippen LogP contribution >= 0.6 is 0 Å². The van der Waals surface area contributed by atoms with Gasteiger partial charge in [0, 0.05) is 12.8 Å². The van der Waals surface area contributed by atoms with Crippen LogP contribution < -0.4 is 0 Å². The quantitative estimate of drug-likeness (QED) is 0.351. The number of carbonyl (C=O) groups is 2. The van der Waals surface area contributed by atoms with Gasteiger partial charge in [0.2, 0.25) is 0 Å². The fourth-order valence-electron chi connectivity index (χ4n) is 2.22. The maximum atomic E-state index is 11.5. The first kappa shape index (κ1) is 19.9. The highest BCUT2D eigenvalue weighted by Gasteiger charge is 2.02. The molecule has 0 bridgehead atoms. The van der Waals surface area contributed by atoms with Crippen molar-refractivity contribution < 1.29 is 19.4 Å². The van der Waals surface area contributed by atoms with E-state index in [2.05, 4.69) is 6.92 Å². The van der Waals surface area contributed by atoms with E-state index in [0.29, 0.717) is 13.0 Å². The van der Waals surface area contributed by atoms with Crippen LogP contribution in [0.15, 0.2) is 0 Å². The van der Waals surface area contributed by atoms with Crippen LogP contribution in [0.1, 0.15) is 90.4 Å². The van der Waals surface area contributed by atoms with E-state index in [1.807, 2.05) is 0 Å². The Labute approximate surface area is 129 Å². The van der Waals surface area contributed by atoms with Gasteiger partial charge in [-0.15, -0.1) is 0 Å². The van der Waals surface area contributed by atoms with Gasteiger partial charge in [-0.3, -0.25) is 9.59 Å². The molecule has 0 saturated carbocycles. The molecule has 21 heavy (non-hydrogen) atoms. The number of aliphatic carboxylic acids is 1. The molecule has 0 aromatic carbocycles. The average Bonchev–Trinajstić information content (AvgIpc) is 2.45. The Balaban J connectivity index is 3.18. The van der Waals surface area contributed by atoms with Gasteiger partial charge in [0.1, 0.15) is 0 Å². The topological polar surface area (TPSA) is 63.6 Å². The maximum Gasteiger partial charge on any atom is 0.305 e. The van der Waals surface area contributed by atoms with E-state index < -0.39 is 5.97 Å². The molecule has 0 aliphatic carbocycles. The monoisotopic (exact) mass is 300 g/mol. The highest BCUT2D eigenvalue weighted by atomic mass is 16.5. The average molecular weight is 300 g/mol. The lowest BCUT2D eigenvalue weighted by Crippen LogP contribution is -2.05. The molecule has 0 saturated heterocycles. The Hall–Kier alpha value is -1.06. The Morgan fingerprint density at radius 1 is 0.762 bits per heavy atom. The predicted octanol–water partition coefficient (Wildman–Crippen LogP) is 4.71. The predicted molar refractivity (Wildman–Crippen MR) is 84.3 cm³/mol. The van der Waals surface area contributed by atoms with Crippen LogP contribution in [0.5, 0.6) is 0 Å². The molecule has 0 aliphatic heterocycles. The molecule has 0 atom stereocenters. The van der Waals surface area contributed by atoms with Crippen molar-refractivity contribution in [2.45, 2.75) is 90.4 Å². The van der Waals surface area contributed by atoms with Gasteiger partial charge in [-0.1, -0.05) is 58.3 Å². The number of unbranched alkanes of at least 4 members (excludes halogenated alkanes) is 9. The van der Waals surface area contributed by atoms with E-state index in [-0.39, 0.29) is 12.4 Å². The Bertz CT molecular complexity index is 264. The number of esters is 1. The maximum absolute atomic E-state index is 11.5. The summed E-state index contributed by atoms with van der Waals surface area (Å²) in [5.41, 5.74) is 0. The first-order valence-electron chi connectivity index (χ1n) is 8.54. The van der Waals surface area contributed by atoms with E-state index in [1.54, 1.807) is 0 Å². The van der Waals surface area contributed by atoms with E-state index in [4.69, 9.17) is 9.84 Å². The molecule has 0 aliphatic rings. The van der Waals surface area contributed by atoms with Crippen molar-refractivity contribution in [2.24, 2.45) is 0 Å². The molecule has 4 nitrogen and oxygen atoms in total. The number of carbonyl (C=O) groups excluding carboxylic acids is 1. The summed E-state index contributed by atoms with van der Waals surface area (Å²) in [7, 11) is 0. The Morgan fingerprint density at radius 3 is 1.90 bits per heavy atom. The van der Waals surface area contributed by atoms with Crippen LogP contribution in [0.25, 0.3) is 0 Å². The van der Waals surface area contributed by atoms with Crippen LogP contribution in [0.3, 0.4) is 0 Å². The third-order valence-corrected chi connectivity index (χ3v) is 3.53. The van der Waals surface area contributed by atoms with Gasteiger partial charge >= 0.3 is 11.9 Å². The normalized spacial score (nSPS) is 10.5. The number of carboxylic acids is 1. The third-order valence-electron chi connectivity index (χ3n) is 3.53. The smallest absolute Gasteiger partial charge is 0.305 e. The molecule has 124 valence electrons. The van der Waals surface area contributed by atoms with Gasteiger partial charge in [-0.2, -0.15) is 0 Å². The fourth-order valence-corrected chi connectivity index (χ4v) is 2.22. The minimum atomic E-state index is -0.728. The molecular weight excluding hydrogens is 268 g/mol. The zero-order chi connectivity index (χ0) is 15.8. The summed E-state index contributed by atoms with van der Waals surface area (Å²) in [6.07, 6.45) is 12.4. The summed E-state index contributed by atoms with van der Waals surface area (Å²) in [6.45, 7) is 2.76. The lowest BCUT2D eigenvalue weighted by molar-refractivity contribution is -0.144. The first-order chi connectivity index (χ1) is 10.2. The number of hydrogen-bond acceptors (Lipinski definition) is 3. The van der Waals surface area contributed by atoms with Gasteiger partial charge in [0.15, 0.2) is 0 Å². The van der Waals surface area contributed by atoms with Crippen molar-refractivity contribution in [3.05, 3.63) is 0 Å². The summed E-state index contributed by atoms with van der Waals surface area (Å²) < 4.78 is 5.19. The SMILES string of the molecule is CCCCCCCCOC(=O)CCCCCCCC(=O)O. The van der Waals surface area contributed by atoms with Crippen LogP contribution in [0.4, 0.5) is 0 Å². The van der Waals surface area contributed by atoms with E-state index in [0.717, 1.165) is 44.9 Å². The molecule has 0 fully saturated rings. The lowest BCUT2D eigenvalue weighted by Gasteiger charge is -2.05. The van der Waals surface area contributed by atoms with Crippen LogP contribution in [-0.2, 0) is 14.3 Å². The molecule has 0 amide bonds. The molecule has 0 aromatic rings. The molecule has 0 heterocycles. The van der Waals surface area contributed by atoms with Crippen molar-refractivity contribution in [1.82, 2.24) is 0 Å². The van der Waals surface area contributed by atoms with Crippen molar-refractivity contribution in [2.75, 3.05) is 6.61 Å². The van der Waals surface area contributed by atoms with Crippen molar-refractivity contribution in [3.63, 3.8) is 0 Å². The second-order valence-corrected chi connectivity index (χ2v) is 5.65. The van der Waals surface area contributed by atoms with E-state index in [1.165, 1.54) is 25.7 Å². The zero-order valence-corrected chi connectivity index (χ0v) is 13.6. The van der Waals surface area contributed by atoms with E-state index in [9.17, 15) is 9.59 Å². The van der Waals surface area contributed by atoms with Gasteiger partial charge in [0.05, 0.1) is 6.61 Å². The second kappa shape index (κ2) is 15.3. The van der Waals surface area contributed by atoms with E-state index >= 15 is 0 Å². The molecule has 4 heteroatoms. The summed E-state index contributed by atoms with van der Waals surface area (Å²) in [5, 5.41) is 8.49. The number of carboxylic acid groups (broad SMARTS) is 1. The number of rotatable bonds is 15. The lowest BCUT2D eigenvalue weighted by atomic mass is 10.1. The number of hydrogen-bond donors (Lipinski definition) is 1. The Morgan fingerprint density at radius 2 is 1.29 bits per heavy atom. The highest BCUT2D eigenvalue weighted by molar-refractivity contribution is 5.69. The van der Waals surface area contributed by atoms with Gasteiger partial charge in [-0.05, 0) is 19.3 Å². The minimum Gasteiger partial charge on any atom is -0.481 e. The first-order valence-corrected chi connectivity index (χ1v) is 8.54. The third kappa shape index (κ3) is 16.9. The molecule has 0 radical (unpaired) electrons. The van der Waals surface area contributed by atoms with Crippen LogP contribution in [0, 0.1) is 0 Å². The standard InChI is InChI=1S/C17H32O4/c1-2-3-4-5-9-12-15-21-17(20)14-11-8-6-7-10-13-16(18)19/h2-15H2,1H3,(H,18,19). The molecule has 0 unspecified atom stereocenters. The molecule has 0 aromatic heterocycles. The molecule has 0 spiro atoms. The minimum absolute atomic E-state index is 0.0888. The largest absolute Gasteiger partial charge is 0.481 e. The van der Waals surface area contributed by atoms with Crippen molar-refractivity contribution in [1.29, 1.82) is 0 Å². The highest BCUT2D eigenvalue weighted by Crippen LogP contribution is 2.09.